The van der Waals surface area contributed by atoms with Crippen molar-refractivity contribution in [1.82, 2.24) is 10.3 Å². The molecule has 1 aliphatic rings. The summed E-state index contributed by atoms with van der Waals surface area (Å²) in [6.07, 6.45) is 3.41. The molecule has 2 aromatic rings. The van der Waals surface area contributed by atoms with Gasteiger partial charge < -0.3 is 11.1 Å². The van der Waals surface area contributed by atoms with Crippen LogP contribution in [0.3, 0.4) is 0 Å². The van der Waals surface area contributed by atoms with Gasteiger partial charge in [-0.3, -0.25) is 9.78 Å². The van der Waals surface area contributed by atoms with E-state index in [2.05, 4.69) is 15.3 Å². The first-order valence-electron chi connectivity index (χ1n) is 7.61. The van der Waals surface area contributed by atoms with Gasteiger partial charge in [-0.15, -0.1) is 0 Å². The minimum atomic E-state index is -0.856. The lowest BCUT2D eigenvalue weighted by molar-refractivity contribution is 0.0958. The van der Waals surface area contributed by atoms with Crippen molar-refractivity contribution < 1.29 is 9.18 Å². The zero-order valence-corrected chi connectivity index (χ0v) is 14.6. The second-order valence-electron chi connectivity index (χ2n) is 5.72. The van der Waals surface area contributed by atoms with Crippen molar-refractivity contribution >= 4 is 22.8 Å². The Morgan fingerprint density at radius 1 is 1.28 bits per heavy atom. The van der Waals surface area contributed by atoms with E-state index < -0.39 is 5.54 Å². The number of nitrogens with zero attached hydrogens (tertiary/aromatic N) is 2. The average Bonchev–Trinajstić information content (AvgIpc) is 2.61. The fraction of sp³-hybridized carbons (Fsp3) is 0.167. The van der Waals surface area contributed by atoms with Gasteiger partial charge >= 0.3 is 0 Å². The Labute approximate surface area is 149 Å². The summed E-state index contributed by atoms with van der Waals surface area (Å²) < 4.78 is 14.4. The van der Waals surface area contributed by atoms with E-state index in [-0.39, 0.29) is 11.7 Å². The van der Waals surface area contributed by atoms with Crippen molar-refractivity contribution in [2.45, 2.75) is 12.5 Å². The van der Waals surface area contributed by atoms with Gasteiger partial charge in [0.1, 0.15) is 17.1 Å². The first-order valence-corrected chi connectivity index (χ1v) is 8.49. The van der Waals surface area contributed by atoms with Crippen molar-refractivity contribution in [3.8, 4) is 11.1 Å². The van der Waals surface area contributed by atoms with Crippen LogP contribution in [0.5, 0.6) is 0 Å². The maximum Gasteiger partial charge on any atom is 0.269 e. The molecule has 0 spiro atoms. The largest absolute Gasteiger partial charge is 0.378 e. The van der Waals surface area contributed by atoms with E-state index in [1.54, 1.807) is 37.5 Å². The topological polar surface area (TPSA) is 80.4 Å². The Kier molecular flexibility index (Phi) is 4.59. The number of nitrogens with two attached hydrogens (primary N) is 1. The van der Waals surface area contributed by atoms with Crippen LogP contribution in [0.2, 0.25) is 0 Å². The molecule has 128 valence electrons. The maximum atomic E-state index is 14.4. The number of pyridine rings is 1. The first kappa shape index (κ1) is 17.2. The van der Waals surface area contributed by atoms with Gasteiger partial charge in [-0.05, 0) is 42.2 Å². The number of carbonyl (C=O) groups is 1. The second-order valence-corrected chi connectivity index (χ2v) is 6.65. The highest BCUT2D eigenvalue weighted by Crippen LogP contribution is 2.36. The van der Waals surface area contributed by atoms with Crippen LogP contribution in [0.1, 0.15) is 23.0 Å². The number of hydrogen-bond donors (Lipinski definition) is 2. The number of thioether (sulfide) groups is 1. The molecule has 1 aromatic carbocycles. The average molecular weight is 356 g/mol. The van der Waals surface area contributed by atoms with Crippen LogP contribution < -0.4 is 11.1 Å². The van der Waals surface area contributed by atoms with Crippen LogP contribution in [0.25, 0.3) is 11.1 Å². The van der Waals surface area contributed by atoms with Gasteiger partial charge in [0.2, 0.25) is 0 Å². The van der Waals surface area contributed by atoms with Gasteiger partial charge in [0, 0.05) is 24.4 Å². The molecular weight excluding hydrogens is 339 g/mol. The van der Waals surface area contributed by atoms with Crippen LogP contribution in [0.15, 0.2) is 53.0 Å². The van der Waals surface area contributed by atoms with Gasteiger partial charge in [-0.25, -0.2) is 9.38 Å². The van der Waals surface area contributed by atoms with Crippen LogP contribution in [0.4, 0.5) is 4.39 Å². The van der Waals surface area contributed by atoms with Crippen LogP contribution in [-0.2, 0) is 5.54 Å². The molecule has 1 atom stereocenters. The van der Waals surface area contributed by atoms with Gasteiger partial charge in [0.05, 0.1) is 0 Å². The lowest BCUT2D eigenvalue weighted by atomic mass is 9.90. The summed E-state index contributed by atoms with van der Waals surface area (Å²) in [5.41, 5.74) is 7.26. The number of amides is 1. The summed E-state index contributed by atoms with van der Waals surface area (Å²) >= 11 is 1.30. The van der Waals surface area contributed by atoms with Gasteiger partial charge in [-0.1, -0.05) is 23.9 Å². The summed E-state index contributed by atoms with van der Waals surface area (Å²) in [4.78, 5) is 20.1. The molecule has 0 bridgehead atoms. The molecular formula is C18H17FN4OS. The summed E-state index contributed by atoms with van der Waals surface area (Å²) in [6.45, 7) is 1.81. The van der Waals surface area contributed by atoms with E-state index in [0.29, 0.717) is 16.4 Å². The van der Waals surface area contributed by atoms with Crippen molar-refractivity contribution in [1.29, 1.82) is 0 Å². The molecule has 1 amide bonds. The summed E-state index contributed by atoms with van der Waals surface area (Å²) in [5, 5.41) is 4.73. The molecule has 1 aromatic heterocycles. The number of amidine groups is 1. The molecule has 25 heavy (non-hydrogen) atoms. The third-order valence-electron chi connectivity index (χ3n) is 3.99. The molecule has 0 fully saturated rings. The molecule has 0 unspecified atom stereocenters. The Balaban J connectivity index is 2.01. The molecule has 0 saturated heterocycles. The van der Waals surface area contributed by atoms with Crippen molar-refractivity contribution in [3.63, 3.8) is 0 Å². The SMILES string of the molecule is CNC(=O)c1ccc(-c2ccc(F)c([C@]3(C)C=CSC(N)=N3)c2)cn1. The third kappa shape index (κ3) is 3.41. The van der Waals surface area contributed by atoms with Gasteiger partial charge in [-0.2, -0.15) is 0 Å². The zero-order chi connectivity index (χ0) is 18.0. The predicted molar refractivity (Wildman–Crippen MR) is 98.7 cm³/mol. The van der Waals surface area contributed by atoms with Gasteiger partial charge in [0.15, 0.2) is 5.17 Å². The van der Waals surface area contributed by atoms with Crippen molar-refractivity contribution in [2.75, 3.05) is 7.05 Å². The Morgan fingerprint density at radius 2 is 2.04 bits per heavy atom. The lowest BCUT2D eigenvalue weighted by Crippen LogP contribution is -2.24. The molecule has 0 aliphatic carbocycles. The quantitative estimate of drug-likeness (QED) is 0.886. The number of aliphatic imine (C=N–C) groups is 1. The van der Waals surface area contributed by atoms with E-state index in [0.717, 1.165) is 11.1 Å². The molecule has 1 aliphatic heterocycles. The lowest BCUT2D eigenvalue weighted by Gasteiger charge is -2.26. The zero-order valence-electron chi connectivity index (χ0n) is 13.8. The van der Waals surface area contributed by atoms with Crippen LogP contribution >= 0.6 is 11.8 Å². The molecule has 3 N–H and O–H groups in total. The Bertz CT molecular complexity index is 879. The number of aromatic nitrogens is 1. The predicted octanol–water partition coefficient (Wildman–Crippen LogP) is 3.04. The Hall–Kier alpha value is -2.67. The summed E-state index contributed by atoms with van der Waals surface area (Å²) in [6, 6.07) is 8.23. The molecule has 0 saturated carbocycles. The minimum absolute atomic E-state index is 0.256. The van der Waals surface area contributed by atoms with Crippen molar-refractivity contribution in [3.05, 3.63) is 65.1 Å². The monoisotopic (exact) mass is 356 g/mol. The second kappa shape index (κ2) is 6.68. The van der Waals surface area contributed by atoms with E-state index in [4.69, 9.17) is 5.73 Å². The highest BCUT2D eigenvalue weighted by Gasteiger charge is 2.29. The van der Waals surface area contributed by atoms with E-state index in [1.807, 2.05) is 18.4 Å². The number of halogens is 1. The number of hydrogen-bond acceptors (Lipinski definition) is 5. The fourth-order valence-electron chi connectivity index (χ4n) is 2.60. The van der Waals surface area contributed by atoms with Crippen LogP contribution in [-0.4, -0.2) is 23.1 Å². The standard InChI is InChI=1S/C18H17FN4OS/c1-18(7-8-25-17(20)23-18)13-9-11(3-5-14(13)19)12-4-6-15(22-10-12)16(24)21-2/h3-10H,1-2H3,(H2,20,23)(H,21,24)/t18-/m0/s1. The molecule has 0 radical (unpaired) electrons. The van der Waals surface area contributed by atoms with E-state index in [9.17, 15) is 9.18 Å². The first-order chi connectivity index (χ1) is 11.9. The fourth-order valence-corrected chi connectivity index (χ4v) is 3.31. The third-order valence-corrected chi connectivity index (χ3v) is 4.60. The number of benzene rings is 1. The van der Waals surface area contributed by atoms with Crippen LogP contribution in [0, 0.1) is 5.82 Å². The normalized spacial score (nSPS) is 19.4. The summed E-state index contributed by atoms with van der Waals surface area (Å²) in [5.74, 6) is -0.609. The highest BCUT2D eigenvalue weighted by atomic mass is 32.2. The van der Waals surface area contributed by atoms with E-state index >= 15 is 0 Å². The Morgan fingerprint density at radius 3 is 2.68 bits per heavy atom. The number of nitrogens with one attached hydrogen (secondary N) is 1. The molecule has 2 heterocycles. The number of rotatable bonds is 3. The maximum absolute atomic E-state index is 14.4. The smallest absolute Gasteiger partial charge is 0.269 e. The van der Waals surface area contributed by atoms with E-state index in [1.165, 1.54) is 17.8 Å². The summed E-state index contributed by atoms with van der Waals surface area (Å²) in [7, 11) is 1.55. The molecule has 7 heteroatoms. The molecule has 3 rings (SSSR count). The van der Waals surface area contributed by atoms with Crippen molar-refractivity contribution in [2.24, 2.45) is 10.7 Å². The molecule has 5 nitrogen and oxygen atoms in total. The minimum Gasteiger partial charge on any atom is -0.378 e. The number of carbonyl (C=O) groups excluding carboxylic acids is 1. The highest BCUT2D eigenvalue weighted by molar-refractivity contribution is 8.16. The van der Waals surface area contributed by atoms with Gasteiger partial charge in [0.25, 0.3) is 5.91 Å².